The lowest BCUT2D eigenvalue weighted by molar-refractivity contribution is 0.379. The Balaban J connectivity index is 2.20. The molecule has 0 saturated heterocycles. The van der Waals surface area contributed by atoms with Crippen LogP contribution in [0.2, 0.25) is 0 Å². The summed E-state index contributed by atoms with van der Waals surface area (Å²) < 4.78 is 5.00. The quantitative estimate of drug-likeness (QED) is 0.581. The van der Waals surface area contributed by atoms with Crippen molar-refractivity contribution in [3.63, 3.8) is 0 Å². The summed E-state index contributed by atoms with van der Waals surface area (Å²) in [5, 5.41) is 0. The molecule has 0 unspecified atom stereocenters. The van der Waals surface area contributed by atoms with Gasteiger partial charge in [-0.3, -0.25) is 10.4 Å². The molecule has 100 valence electrons. The highest BCUT2D eigenvalue weighted by Gasteiger charge is 2.10. The maximum Gasteiger partial charge on any atom is 0.322 e. The van der Waals surface area contributed by atoms with E-state index in [0.29, 0.717) is 12.5 Å². The van der Waals surface area contributed by atoms with E-state index in [9.17, 15) is 0 Å². The Morgan fingerprint density at radius 3 is 2.84 bits per heavy atom. The van der Waals surface area contributed by atoms with E-state index in [1.165, 1.54) is 7.11 Å². The smallest absolute Gasteiger partial charge is 0.322 e. The van der Waals surface area contributed by atoms with E-state index in [-0.39, 0.29) is 12.0 Å². The fraction of sp³-hybridized carbons (Fsp3) is 0.273. The van der Waals surface area contributed by atoms with Crippen LogP contribution in [-0.2, 0) is 6.54 Å². The summed E-state index contributed by atoms with van der Waals surface area (Å²) >= 11 is 0. The molecule has 0 radical (unpaired) electrons. The zero-order valence-electron chi connectivity index (χ0n) is 10.7. The third-order valence-electron chi connectivity index (χ3n) is 2.40. The average molecular weight is 261 g/mol. The van der Waals surface area contributed by atoms with Crippen LogP contribution in [0.4, 0.5) is 11.9 Å². The molecule has 2 rings (SSSR count). The lowest BCUT2D eigenvalue weighted by Crippen LogP contribution is -2.21. The highest BCUT2D eigenvalue weighted by atomic mass is 16.5. The van der Waals surface area contributed by atoms with Crippen LogP contribution >= 0.6 is 0 Å². The van der Waals surface area contributed by atoms with Crippen LogP contribution in [0.3, 0.4) is 0 Å². The number of methoxy groups -OCH3 is 1. The average Bonchev–Trinajstić information content (AvgIpc) is 2.47. The van der Waals surface area contributed by atoms with Crippen LogP contribution in [0.15, 0.2) is 24.5 Å². The molecule has 0 amide bonds. The maximum absolute atomic E-state index is 5.31. The number of ether oxygens (including phenoxy) is 1. The summed E-state index contributed by atoms with van der Waals surface area (Å²) in [6.07, 6.45) is 3.52. The summed E-state index contributed by atoms with van der Waals surface area (Å²) in [4.78, 5) is 18.2. The normalized spacial score (nSPS) is 10.1. The Labute approximate surface area is 110 Å². The Hall–Kier alpha value is -2.48. The summed E-state index contributed by atoms with van der Waals surface area (Å²) in [6, 6.07) is 4.06. The Bertz CT molecular complexity index is 512. The van der Waals surface area contributed by atoms with Gasteiger partial charge in [-0.1, -0.05) is 6.07 Å². The van der Waals surface area contributed by atoms with E-state index in [4.69, 9.17) is 10.6 Å². The van der Waals surface area contributed by atoms with Gasteiger partial charge in [0, 0.05) is 26.0 Å². The molecular formula is C11H15N7O. The molecule has 0 aromatic carbocycles. The van der Waals surface area contributed by atoms with Gasteiger partial charge < -0.3 is 9.64 Å². The van der Waals surface area contributed by atoms with Crippen molar-refractivity contribution >= 4 is 11.9 Å². The molecule has 0 fully saturated rings. The Kier molecular flexibility index (Phi) is 4.04. The first kappa shape index (κ1) is 13.0. The Morgan fingerprint density at radius 2 is 2.21 bits per heavy atom. The fourth-order valence-electron chi connectivity index (χ4n) is 1.51. The van der Waals surface area contributed by atoms with Crippen molar-refractivity contribution in [2.45, 2.75) is 6.54 Å². The number of nitrogen functional groups attached to an aromatic ring is 1. The number of aromatic nitrogens is 4. The summed E-state index contributed by atoms with van der Waals surface area (Å²) in [5.41, 5.74) is 3.43. The second-order valence-electron chi connectivity index (χ2n) is 3.81. The van der Waals surface area contributed by atoms with Crippen LogP contribution in [0.5, 0.6) is 6.01 Å². The van der Waals surface area contributed by atoms with Crippen molar-refractivity contribution < 1.29 is 4.74 Å². The number of anilines is 2. The van der Waals surface area contributed by atoms with Crippen LogP contribution in [0, 0.1) is 0 Å². The van der Waals surface area contributed by atoms with Crippen LogP contribution < -0.4 is 20.9 Å². The minimum Gasteiger partial charge on any atom is -0.467 e. The minimum absolute atomic E-state index is 0.205. The molecule has 19 heavy (non-hydrogen) atoms. The van der Waals surface area contributed by atoms with E-state index in [1.807, 2.05) is 24.1 Å². The highest BCUT2D eigenvalue weighted by molar-refractivity contribution is 5.37. The number of hydrogen-bond acceptors (Lipinski definition) is 8. The lowest BCUT2D eigenvalue weighted by atomic mass is 10.3. The Morgan fingerprint density at radius 1 is 1.37 bits per heavy atom. The summed E-state index contributed by atoms with van der Waals surface area (Å²) in [7, 11) is 3.35. The molecule has 8 nitrogen and oxygen atoms in total. The summed E-state index contributed by atoms with van der Waals surface area (Å²) in [5.74, 6) is 6.02. The molecule has 0 saturated carbocycles. The van der Waals surface area contributed by atoms with Crippen molar-refractivity contribution in [3.8, 4) is 6.01 Å². The van der Waals surface area contributed by atoms with Crippen molar-refractivity contribution in [2.75, 3.05) is 24.5 Å². The van der Waals surface area contributed by atoms with Gasteiger partial charge in [-0.2, -0.15) is 15.0 Å². The molecule has 0 aliphatic heterocycles. The molecule has 0 bridgehead atoms. The van der Waals surface area contributed by atoms with Crippen LogP contribution in [0.1, 0.15) is 5.56 Å². The van der Waals surface area contributed by atoms with Crippen molar-refractivity contribution in [2.24, 2.45) is 5.84 Å². The molecule has 2 aromatic heterocycles. The second kappa shape index (κ2) is 5.91. The maximum atomic E-state index is 5.31. The van der Waals surface area contributed by atoms with Gasteiger partial charge in [0.25, 0.3) is 0 Å². The first-order valence-corrected chi connectivity index (χ1v) is 5.59. The van der Waals surface area contributed by atoms with Gasteiger partial charge in [-0.15, -0.1) is 0 Å². The van der Waals surface area contributed by atoms with E-state index >= 15 is 0 Å². The molecule has 2 aromatic rings. The topological polar surface area (TPSA) is 102 Å². The van der Waals surface area contributed by atoms with Crippen LogP contribution in [-0.4, -0.2) is 34.1 Å². The van der Waals surface area contributed by atoms with Crippen molar-refractivity contribution in [1.29, 1.82) is 0 Å². The zero-order chi connectivity index (χ0) is 13.7. The number of nitrogens with zero attached hydrogens (tertiary/aromatic N) is 5. The van der Waals surface area contributed by atoms with Gasteiger partial charge in [-0.05, 0) is 11.6 Å². The molecule has 0 aliphatic rings. The van der Waals surface area contributed by atoms with E-state index < -0.39 is 0 Å². The number of hydrogen-bond donors (Lipinski definition) is 2. The predicted octanol–water partition coefficient (Wildman–Crippen LogP) is 0.197. The first-order valence-electron chi connectivity index (χ1n) is 5.59. The number of nitrogens with one attached hydrogen (secondary N) is 1. The van der Waals surface area contributed by atoms with Gasteiger partial charge >= 0.3 is 6.01 Å². The highest BCUT2D eigenvalue weighted by Crippen LogP contribution is 2.14. The monoisotopic (exact) mass is 261 g/mol. The zero-order valence-corrected chi connectivity index (χ0v) is 10.7. The predicted molar refractivity (Wildman–Crippen MR) is 70.5 cm³/mol. The molecule has 0 spiro atoms. The standard InChI is InChI=1S/C11H15N7O/c1-18(7-8-4-3-5-13-6-8)10-14-9(17-12)15-11(16-10)19-2/h3-6H,7,12H2,1-2H3,(H,14,15,16,17). The minimum atomic E-state index is 0.205. The number of hydrazine groups is 1. The van der Waals surface area contributed by atoms with Gasteiger partial charge in [0.2, 0.25) is 11.9 Å². The van der Waals surface area contributed by atoms with E-state index in [1.54, 1.807) is 12.4 Å². The molecule has 0 atom stereocenters. The molecule has 0 aliphatic carbocycles. The molecule has 2 heterocycles. The van der Waals surface area contributed by atoms with E-state index in [0.717, 1.165) is 5.56 Å². The number of pyridine rings is 1. The number of rotatable bonds is 5. The van der Waals surface area contributed by atoms with Crippen LogP contribution in [0.25, 0.3) is 0 Å². The number of nitrogens with two attached hydrogens (primary N) is 1. The second-order valence-corrected chi connectivity index (χ2v) is 3.81. The molecule has 3 N–H and O–H groups in total. The third kappa shape index (κ3) is 3.26. The fourth-order valence-corrected chi connectivity index (χ4v) is 1.51. The SMILES string of the molecule is COc1nc(NN)nc(N(C)Cc2cccnc2)n1. The van der Waals surface area contributed by atoms with Gasteiger partial charge in [-0.25, -0.2) is 5.84 Å². The van der Waals surface area contributed by atoms with Gasteiger partial charge in [0.1, 0.15) is 0 Å². The van der Waals surface area contributed by atoms with Gasteiger partial charge in [0.15, 0.2) is 0 Å². The van der Waals surface area contributed by atoms with Crippen molar-refractivity contribution in [1.82, 2.24) is 19.9 Å². The van der Waals surface area contributed by atoms with Gasteiger partial charge in [0.05, 0.1) is 7.11 Å². The lowest BCUT2D eigenvalue weighted by Gasteiger charge is -2.17. The summed E-state index contributed by atoms with van der Waals surface area (Å²) in [6.45, 7) is 0.616. The van der Waals surface area contributed by atoms with E-state index in [2.05, 4.69) is 25.4 Å². The largest absolute Gasteiger partial charge is 0.467 e. The van der Waals surface area contributed by atoms with Crippen molar-refractivity contribution in [3.05, 3.63) is 30.1 Å². The first-order chi connectivity index (χ1) is 9.22. The molecular weight excluding hydrogens is 246 g/mol. The third-order valence-corrected chi connectivity index (χ3v) is 2.40. The molecule has 8 heteroatoms.